The molecule has 1 aliphatic rings. The Labute approximate surface area is 191 Å². The van der Waals surface area contributed by atoms with Crippen molar-refractivity contribution >= 4 is 5.97 Å². The summed E-state index contributed by atoms with van der Waals surface area (Å²) in [5.74, 6) is 0.982. The Morgan fingerprint density at radius 2 is 1.85 bits per heavy atom. The lowest BCUT2D eigenvalue weighted by Gasteiger charge is -2.27. The van der Waals surface area contributed by atoms with Gasteiger partial charge in [0.25, 0.3) is 0 Å². The van der Waals surface area contributed by atoms with E-state index in [1.165, 1.54) is 0 Å². The average Bonchev–Trinajstić information content (AvgIpc) is 2.83. The summed E-state index contributed by atoms with van der Waals surface area (Å²) in [6.45, 7) is 2.36. The quantitative estimate of drug-likeness (QED) is 0.442. The van der Waals surface area contributed by atoms with E-state index >= 15 is 0 Å². The van der Waals surface area contributed by atoms with Gasteiger partial charge in [0.2, 0.25) is 5.88 Å². The number of allylic oxidation sites excluding steroid dienone is 1. The van der Waals surface area contributed by atoms with Crippen LogP contribution in [0.15, 0.2) is 78.2 Å². The lowest BCUT2D eigenvalue weighted by Crippen LogP contribution is -2.21. The Hall–Kier alpha value is -4.44. The van der Waals surface area contributed by atoms with Crippen molar-refractivity contribution in [2.45, 2.75) is 12.8 Å². The van der Waals surface area contributed by atoms with Crippen molar-refractivity contribution in [3.8, 4) is 29.1 Å². The number of methoxy groups -OCH3 is 1. The smallest absolute Gasteiger partial charge is 0.343 e. The van der Waals surface area contributed by atoms with E-state index < -0.39 is 11.9 Å². The highest BCUT2D eigenvalue weighted by molar-refractivity contribution is 5.91. The summed E-state index contributed by atoms with van der Waals surface area (Å²) in [6, 6.07) is 21.4. The van der Waals surface area contributed by atoms with Crippen LogP contribution in [0.1, 0.15) is 34.3 Å². The van der Waals surface area contributed by atoms with Gasteiger partial charge in [-0.25, -0.2) is 4.79 Å². The number of fused-ring (bicyclic) bond motifs is 1. The third-order valence-corrected chi connectivity index (χ3v) is 5.21. The summed E-state index contributed by atoms with van der Waals surface area (Å²) in [5, 5.41) is 9.73. The van der Waals surface area contributed by atoms with Gasteiger partial charge in [-0.3, -0.25) is 0 Å². The molecule has 0 bridgehead atoms. The minimum Gasteiger partial charge on any atom is -0.497 e. The molecule has 0 aliphatic carbocycles. The van der Waals surface area contributed by atoms with Crippen LogP contribution in [0, 0.1) is 11.3 Å². The first-order valence-corrected chi connectivity index (χ1v) is 10.3. The van der Waals surface area contributed by atoms with Crippen molar-refractivity contribution in [2.75, 3.05) is 13.7 Å². The van der Waals surface area contributed by atoms with Crippen LogP contribution in [0.25, 0.3) is 0 Å². The highest BCUT2D eigenvalue weighted by atomic mass is 16.5. The first-order chi connectivity index (χ1) is 16.0. The molecule has 3 aromatic carbocycles. The van der Waals surface area contributed by atoms with Crippen molar-refractivity contribution in [3.05, 3.63) is 94.9 Å². The third-order valence-electron chi connectivity index (χ3n) is 5.21. The SMILES string of the molecule is CCOc1cccc(C(=O)Oc2ccc3c(c2)OC(N)=C(C#N)C3c2cccc(OC)c2)c1. The molecule has 0 amide bonds. The number of esters is 1. The first kappa shape index (κ1) is 21.8. The molecule has 0 radical (unpaired) electrons. The largest absolute Gasteiger partial charge is 0.497 e. The number of nitriles is 1. The molecule has 1 aliphatic heterocycles. The van der Waals surface area contributed by atoms with Gasteiger partial charge in [-0.1, -0.05) is 24.3 Å². The van der Waals surface area contributed by atoms with Gasteiger partial charge in [-0.15, -0.1) is 0 Å². The molecule has 3 aromatic rings. The molecule has 7 heteroatoms. The molecule has 7 nitrogen and oxygen atoms in total. The molecule has 1 atom stereocenters. The molecule has 0 saturated heterocycles. The van der Waals surface area contributed by atoms with E-state index in [4.69, 9.17) is 24.7 Å². The van der Waals surface area contributed by atoms with Gasteiger partial charge in [-0.2, -0.15) is 5.26 Å². The summed E-state index contributed by atoms with van der Waals surface area (Å²) in [4.78, 5) is 12.6. The lowest BCUT2D eigenvalue weighted by atomic mass is 9.83. The second kappa shape index (κ2) is 9.37. The monoisotopic (exact) mass is 442 g/mol. The van der Waals surface area contributed by atoms with Crippen molar-refractivity contribution in [1.82, 2.24) is 0 Å². The van der Waals surface area contributed by atoms with Gasteiger partial charge in [0, 0.05) is 11.6 Å². The third kappa shape index (κ3) is 4.46. The predicted molar refractivity (Wildman–Crippen MR) is 121 cm³/mol. The number of hydrogen-bond donors (Lipinski definition) is 1. The second-order valence-corrected chi connectivity index (χ2v) is 7.25. The van der Waals surface area contributed by atoms with Gasteiger partial charge in [0.1, 0.15) is 34.6 Å². The van der Waals surface area contributed by atoms with Gasteiger partial charge in [0.05, 0.1) is 25.2 Å². The normalized spacial score (nSPS) is 14.5. The summed E-state index contributed by atoms with van der Waals surface area (Å²) in [6.07, 6.45) is 0. The maximum absolute atomic E-state index is 12.6. The lowest BCUT2D eigenvalue weighted by molar-refractivity contribution is 0.0734. The number of carbonyl (C=O) groups is 1. The van der Waals surface area contributed by atoms with Gasteiger partial charge in [0.15, 0.2) is 0 Å². The minimum atomic E-state index is -0.530. The predicted octanol–water partition coefficient (Wildman–Crippen LogP) is 4.53. The fraction of sp³-hybridized carbons (Fsp3) is 0.154. The molecule has 0 aromatic heterocycles. The zero-order valence-electron chi connectivity index (χ0n) is 18.2. The van der Waals surface area contributed by atoms with Crippen LogP contribution in [0.4, 0.5) is 0 Å². The van der Waals surface area contributed by atoms with Crippen molar-refractivity contribution < 1.29 is 23.7 Å². The van der Waals surface area contributed by atoms with Gasteiger partial charge in [-0.05, 0) is 48.9 Å². The maximum Gasteiger partial charge on any atom is 0.343 e. The second-order valence-electron chi connectivity index (χ2n) is 7.25. The standard InChI is InChI=1S/C26H22N2O5/c1-3-31-19-9-5-7-17(13-19)26(29)32-20-10-11-21-23(14-20)33-25(28)22(15-27)24(21)16-6-4-8-18(12-16)30-2/h4-14,24H,3,28H2,1-2H3. The summed E-state index contributed by atoms with van der Waals surface area (Å²) in [7, 11) is 1.58. The van der Waals surface area contributed by atoms with E-state index in [0.717, 1.165) is 11.1 Å². The van der Waals surface area contributed by atoms with E-state index in [9.17, 15) is 10.1 Å². The first-order valence-electron chi connectivity index (χ1n) is 10.3. The number of benzene rings is 3. The number of carbonyl (C=O) groups excluding carboxylic acids is 1. The highest BCUT2D eigenvalue weighted by Gasteiger charge is 2.31. The Kier molecular flexibility index (Phi) is 6.18. The molecule has 0 spiro atoms. The van der Waals surface area contributed by atoms with Crippen LogP contribution in [0.3, 0.4) is 0 Å². The van der Waals surface area contributed by atoms with Crippen molar-refractivity contribution in [1.29, 1.82) is 5.26 Å². The van der Waals surface area contributed by atoms with E-state index in [2.05, 4.69) is 6.07 Å². The van der Waals surface area contributed by atoms with E-state index in [1.54, 1.807) is 49.6 Å². The minimum absolute atomic E-state index is 0.00529. The van der Waals surface area contributed by atoms with Crippen molar-refractivity contribution in [2.24, 2.45) is 5.73 Å². The molecule has 0 saturated carbocycles. The molecule has 4 rings (SSSR count). The summed E-state index contributed by atoms with van der Waals surface area (Å²) >= 11 is 0. The van der Waals surface area contributed by atoms with Crippen LogP contribution in [-0.4, -0.2) is 19.7 Å². The topological polar surface area (TPSA) is 104 Å². The van der Waals surface area contributed by atoms with Crippen LogP contribution < -0.4 is 24.7 Å². The zero-order valence-corrected chi connectivity index (χ0v) is 18.2. The number of nitrogens with zero attached hydrogens (tertiary/aromatic N) is 1. The van der Waals surface area contributed by atoms with E-state index in [-0.39, 0.29) is 11.6 Å². The molecule has 1 unspecified atom stereocenters. The van der Waals surface area contributed by atoms with Crippen molar-refractivity contribution in [3.63, 3.8) is 0 Å². The fourth-order valence-electron chi connectivity index (χ4n) is 3.71. The molecular formula is C26H22N2O5. The zero-order chi connectivity index (χ0) is 23.4. The number of ether oxygens (including phenoxy) is 4. The Morgan fingerprint density at radius 3 is 2.61 bits per heavy atom. The summed E-state index contributed by atoms with van der Waals surface area (Å²) < 4.78 is 22.0. The van der Waals surface area contributed by atoms with E-state index in [1.807, 2.05) is 31.2 Å². The average molecular weight is 442 g/mol. The number of rotatable bonds is 6. The molecule has 1 heterocycles. The highest BCUT2D eigenvalue weighted by Crippen LogP contribution is 2.44. The molecule has 0 fully saturated rings. The summed E-state index contributed by atoms with van der Waals surface area (Å²) in [5.41, 5.74) is 8.29. The Bertz CT molecular complexity index is 1280. The van der Waals surface area contributed by atoms with Gasteiger partial charge >= 0.3 is 5.97 Å². The van der Waals surface area contributed by atoms with Crippen LogP contribution >= 0.6 is 0 Å². The number of hydrogen-bond acceptors (Lipinski definition) is 7. The van der Waals surface area contributed by atoms with Gasteiger partial charge < -0.3 is 24.7 Å². The van der Waals surface area contributed by atoms with E-state index in [0.29, 0.717) is 35.0 Å². The molecular weight excluding hydrogens is 420 g/mol. The Morgan fingerprint density at radius 1 is 1.06 bits per heavy atom. The molecule has 2 N–H and O–H groups in total. The Balaban J connectivity index is 1.66. The van der Waals surface area contributed by atoms with Crippen LogP contribution in [0.2, 0.25) is 0 Å². The maximum atomic E-state index is 12.6. The number of nitrogens with two attached hydrogens (primary N) is 1. The van der Waals surface area contributed by atoms with Crippen LogP contribution in [-0.2, 0) is 0 Å². The fourth-order valence-corrected chi connectivity index (χ4v) is 3.71. The van der Waals surface area contributed by atoms with Crippen LogP contribution in [0.5, 0.6) is 23.0 Å². The molecule has 166 valence electrons. The molecule has 33 heavy (non-hydrogen) atoms.